The molecule has 128 valence electrons. The van der Waals surface area contributed by atoms with Gasteiger partial charge < -0.3 is 14.1 Å². The van der Waals surface area contributed by atoms with Crippen molar-refractivity contribution in [3.63, 3.8) is 0 Å². The Morgan fingerprint density at radius 3 is 2.80 bits per heavy atom. The molecule has 1 aliphatic heterocycles. The van der Waals surface area contributed by atoms with Gasteiger partial charge in [0.25, 0.3) is 0 Å². The van der Waals surface area contributed by atoms with Crippen LogP contribution in [0, 0.1) is 6.92 Å². The van der Waals surface area contributed by atoms with Gasteiger partial charge in [0.2, 0.25) is 5.71 Å². The number of methoxy groups -OCH3 is 1. The second kappa shape index (κ2) is 6.33. The van der Waals surface area contributed by atoms with Crippen molar-refractivity contribution in [1.29, 1.82) is 0 Å². The van der Waals surface area contributed by atoms with Gasteiger partial charge in [-0.2, -0.15) is 4.98 Å². The molecular weight excluding hydrogens is 316 g/mol. The summed E-state index contributed by atoms with van der Waals surface area (Å²) in [6, 6.07) is 13.5. The summed E-state index contributed by atoms with van der Waals surface area (Å²) >= 11 is 0. The molecule has 4 rings (SSSR count). The van der Waals surface area contributed by atoms with Gasteiger partial charge in [0, 0.05) is 37.2 Å². The predicted molar refractivity (Wildman–Crippen MR) is 98.1 cm³/mol. The first-order chi connectivity index (χ1) is 12.2. The van der Waals surface area contributed by atoms with Crippen LogP contribution >= 0.6 is 0 Å². The monoisotopic (exact) mass is 336 g/mol. The van der Waals surface area contributed by atoms with Crippen molar-refractivity contribution in [1.82, 2.24) is 4.98 Å². The molecule has 5 heteroatoms. The fourth-order valence-electron chi connectivity index (χ4n) is 3.44. The molecule has 0 N–H and O–H groups in total. The maximum absolute atomic E-state index is 12.1. The quantitative estimate of drug-likeness (QED) is 0.734. The third-order valence-corrected chi connectivity index (χ3v) is 4.83. The fraction of sp³-hybridized carbons (Fsp3) is 0.300. The molecule has 1 aliphatic rings. The zero-order valence-corrected chi connectivity index (χ0v) is 14.4. The molecule has 3 aromatic rings. The molecule has 2 aromatic heterocycles. The highest BCUT2D eigenvalue weighted by atomic mass is 16.5. The number of nitrogens with zero attached hydrogens (tertiary/aromatic N) is 2. The average molecular weight is 336 g/mol. The molecule has 25 heavy (non-hydrogen) atoms. The van der Waals surface area contributed by atoms with Gasteiger partial charge in [0.1, 0.15) is 5.82 Å². The Kier molecular flexibility index (Phi) is 4.01. The van der Waals surface area contributed by atoms with Crippen LogP contribution in [0.15, 0.2) is 51.7 Å². The van der Waals surface area contributed by atoms with Crippen LogP contribution < -0.4 is 10.5 Å². The van der Waals surface area contributed by atoms with Crippen LogP contribution in [0.4, 0.5) is 5.82 Å². The molecule has 5 nitrogen and oxygen atoms in total. The number of pyridine rings is 1. The van der Waals surface area contributed by atoms with Crippen LogP contribution in [0.2, 0.25) is 0 Å². The SMILES string of the molecule is CO[C@H]1CCN(c2ccc3c(-c4ccccc4C)cc(=O)oc3n2)C1. The highest BCUT2D eigenvalue weighted by Crippen LogP contribution is 2.30. The van der Waals surface area contributed by atoms with Gasteiger partial charge in [0.15, 0.2) is 0 Å². The molecular formula is C20H20N2O3. The fourth-order valence-corrected chi connectivity index (χ4v) is 3.44. The summed E-state index contributed by atoms with van der Waals surface area (Å²) in [5, 5.41) is 0.847. The summed E-state index contributed by atoms with van der Waals surface area (Å²) in [5.41, 5.74) is 2.99. The van der Waals surface area contributed by atoms with E-state index in [0.29, 0.717) is 5.71 Å². The van der Waals surface area contributed by atoms with Crippen LogP contribution in [-0.2, 0) is 4.74 Å². The standard InChI is InChI=1S/C20H20N2O3/c1-13-5-3-4-6-15(13)17-11-19(23)25-20-16(17)7-8-18(21-20)22-10-9-14(12-22)24-2/h3-8,11,14H,9-10,12H2,1-2H3/t14-/m0/s1. The van der Waals surface area contributed by atoms with Crippen molar-refractivity contribution < 1.29 is 9.15 Å². The van der Waals surface area contributed by atoms with Gasteiger partial charge >= 0.3 is 5.63 Å². The van der Waals surface area contributed by atoms with E-state index in [1.807, 2.05) is 43.3 Å². The van der Waals surface area contributed by atoms with E-state index in [4.69, 9.17) is 9.15 Å². The molecule has 0 unspecified atom stereocenters. The van der Waals surface area contributed by atoms with Crippen LogP contribution in [0.3, 0.4) is 0 Å². The molecule has 1 atom stereocenters. The van der Waals surface area contributed by atoms with E-state index in [0.717, 1.165) is 47.4 Å². The number of anilines is 1. The van der Waals surface area contributed by atoms with Gasteiger partial charge in [-0.05, 0) is 36.6 Å². The Labute approximate surface area is 145 Å². The maximum atomic E-state index is 12.1. The number of fused-ring (bicyclic) bond motifs is 1. The Morgan fingerprint density at radius 1 is 1.20 bits per heavy atom. The van der Waals surface area contributed by atoms with Crippen molar-refractivity contribution in [2.24, 2.45) is 0 Å². The number of aromatic nitrogens is 1. The van der Waals surface area contributed by atoms with E-state index in [1.54, 1.807) is 13.2 Å². The molecule has 3 heterocycles. The number of hydrogen-bond acceptors (Lipinski definition) is 5. The van der Waals surface area contributed by atoms with Gasteiger partial charge in [0.05, 0.1) is 6.10 Å². The molecule has 0 radical (unpaired) electrons. The van der Waals surface area contributed by atoms with Gasteiger partial charge in [-0.1, -0.05) is 24.3 Å². The summed E-state index contributed by atoms with van der Waals surface area (Å²) in [4.78, 5) is 18.8. The summed E-state index contributed by atoms with van der Waals surface area (Å²) in [6.45, 7) is 3.72. The number of benzene rings is 1. The van der Waals surface area contributed by atoms with Crippen LogP contribution in [0.25, 0.3) is 22.2 Å². The van der Waals surface area contributed by atoms with Crippen LogP contribution in [0.5, 0.6) is 0 Å². The number of aryl methyl sites for hydroxylation is 1. The summed E-state index contributed by atoms with van der Waals surface area (Å²) < 4.78 is 10.8. The lowest BCUT2D eigenvalue weighted by Crippen LogP contribution is -2.23. The van der Waals surface area contributed by atoms with E-state index in [1.165, 1.54) is 0 Å². The third-order valence-electron chi connectivity index (χ3n) is 4.83. The first kappa shape index (κ1) is 15.8. The van der Waals surface area contributed by atoms with Crippen molar-refractivity contribution in [2.75, 3.05) is 25.1 Å². The van der Waals surface area contributed by atoms with E-state index < -0.39 is 0 Å². The van der Waals surface area contributed by atoms with Gasteiger partial charge in [-0.3, -0.25) is 0 Å². The number of rotatable bonds is 3. The lowest BCUT2D eigenvalue weighted by atomic mass is 9.99. The molecule has 0 aliphatic carbocycles. The van der Waals surface area contributed by atoms with Crippen molar-refractivity contribution in [3.8, 4) is 11.1 Å². The molecule has 1 saturated heterocycles. The molecule has 0 bridgehead atoms. The highest BCUT2D eigenvalue weighted by Gasteiger charge is 2.23. The molecule has 1 aromatic carbocycles. The Bertz CT molecular complexity index is 980. The zero-order valence-electron chi connectivity index (χ0n) is 14.4. The molecule has 0 saturated carbocycles. The van der Waals surface area contributed by atoms with E-state index in [2.05, 4.69) is 9.88 Å². The smallest absolute Gasteiger partial charge is 0.338 e. The van der Waals surface area contributed by atoms with Crippen molar-refractivity contribution in [3.05, 3.63) is 58.4 Å². The lowest BCUT2D eigenvalue weighted by Gasteiger charge is -2.17. The Balaban J connectivity index is 1.82. The maximum Gasteiger partial charge on any atom is 0.338 e. The highest BCUT2D eigenvalue weighted by molar-refractivity contribution is 5.92. The van der Waals surface area contributed by atoms with Crippen LogP contribution in [-0.4, -0.2) is 31.3 Å². The number of ether oxygens (including phenoxy) is 1. The van der Waals surface area contributed by atoms with E-state index in [9.17, 15) is 4.79 Å². The number of hydrogen-bond donors (Lipinski definition) is 0. The predicted octanol–water partition coefficient (Wildman–Crippen LogP) is 3.39. The zero-order chi connectivity index (χ0) is 17.4. The third kappa shape index (κ3) is 2.91. The van der Waals surface area contributed by atoms with E-state index in [-0.39, 0.29) is 11.7 Å². The second-order valence-electron chi connectivity index (χ2n) is 6.41. The summed E-state index contributed by atoms with van der Waals surface area (Å²) in [7, 11) is 1.73. The second-order valence-corrected chi connectivity index (χ2v) is 6.41. The minimum Gasteiger partial charge on any atom is -0.404 e. The first-order valence-electron chi connectivity index (χ1n) is 8.44. The summed E-state index contributed by atoms with van der Waals surface area (Å²) in [5.74, 6) is 0.817. The topological polar surface area (TPSA) is 55.6 Å². The summed E-state index contributed by atoms with van der Waals surface area (Å²) in [6.07, 6.45) is 1.20. The van der Waals surface area contributed by atoms with Crippen molar-refractivity contribution in [2.45, 2.75) is 19.4 Å². The molecule has 0 amide bonds. The average Bonchev–Trinajstić information content (AvgIpc) is 3.10. The minimum atomic E-state index is -0.383. The lowest BCUT2D eigenvalue weighted by molar-refractivity contribution is 0.121. The Hall–Kier alpha value is -2.66. The van der Waals surface area contributed by atoms with Crippen LogP contribution in [0.1, 0.15) is 12.0 Å². The minimum absolute atomic E-state index is 0.225. The van der Waals surface area contributed by atoms with Gasteiger partial charge in [-0.25, -0.2) is 4.79 Å². The van der Waals surface area contributed by atoms with E-state index >= 15 is 0 Å². The molecule has 1 fully saturated rings. The molecule has 0 spiro atoms. The first-order valence-corrected chi connectivity index (χ1v) is 8.44. The Morgan fingerprint density at radius 2 is 2.04 bits per heavy atom. The van der Waals surface area contributed by atoms with Crippen molar-refractivity contribution >= 4 is 16.9 Å². The normalized spacial score (nSPS) is 17.4. The van der Waals surface area contributed by atoms with Gasteiger partial charge in [-0.15, -0.1) is 0 Å². The largest absolute Gasteiger partial charge is 0.404 e.